The third-order valence-corrected chi connectivity index (χ3v) is 11.5. The van der Waals surface area contributed by atoms with Gasteiger partial charge in [-0.2, -0.15) is 0 Å². The van der Waals surface area contributed by atoms with Gasteiger partial charge in [0, 0.05) is 12.8 Å². The number of carbonyl (C=O) groups is 9. The number of carboxylic acids is 1. The van der Waals surface area contributed by atoms with Crippen LogP contribution in [0.1, 0.15) is 93.7 Å². The van der Waals surface area contributed by atoms with Crippen LogP contribution in [0.3, 0.4) is 0 Å². The first-order chi connectivity index (χ1) is 32.8. The summed E-state index contributed by atoms with van der Waals surface area (Å²) in [5.41, 5.74) is 7.39. The Balaban J connectivity index is 2.34. The van der Waals surface area contributed by atoms with E-state index in [0.29, 0.717) is 11.1 Å². The van der Waals surface area contributed by atoms with E-state index in [4.69, 9.17) is 5.73 Å². The number of nitrogens with two attached hydrogens (primary N) is 1. The lowest BCUT2D eigenvalue weighted by Crippen LogP contribution is -2.62. The first kappa shape index (κ1) is 59.7. The zero-order valence-electron chi connectivity index (χ0n) is 42.3. The van der Waals surface area contributed by atoms with Crippen LogP contribution in [0.4, 0.5) is 0 Å². The second kappa shape index (κ2) is 28.9. The highest BCUT2D eigenvalue weighted by molar-refractivity contribution is 5.98. The second-order valence-corrected chi connectivity index (χ2v) is 19.5. The lowest BCUT2D eigenvalue weighted by atomic mass is 9.97. The average Bonchev–Trinajstić information content (AvgIpc) is 3.29. The monoisotopic (exact) mass is 980 g/mol. The van der Waals surface area contributed by atoms with Gasteiger partial charge < -0.3 is 58.5 Å². The molecule has 2 aromatic rings. The highest BCUT2D eigenvalue weighted by Crippen LogP contribution is 2.13. The van der Waals surface area contributed by atoms with E-state index in [1.165, 1.54) is 6.92 Å². The van der Waals surface area contributed by atoms with E-state index in [2.05, 4.69) is 42.5 Å². The van der Waals surface area contributed by atoms with Crippen LogP contribution < -0.4 is 48.3 Å². The van der Waals surface area contributed by atoms with Crippen LogP contribution in [0.25, 0.3) is 0 Å². The van der Waals surface area contributed by atoms with Crippen molar-refractivity contribution in [2.75, 3.05) is 6.61 Å². The molecular weight excluding hydrogens is 903 g/mol. The number of aliphatic hydroxyl groups is 1. The smallest absolute Gasteiger partial charge is 0.326 e. The van der Waals surface area contributed by atoms with Crippen LogP contribution in [0.2, 0.25) is 0 Å². The first-order valence-corrected chi connectivity index (χ1v) is 23.9. The fourth-order valence-electron chi connectivity index (χ4n) is 7.13. The van der Waals surface area contributed by atoms with Gasteiger partial charge in [-0.05, 0) is 54.1 Å². The minimum absolute atomic E-state index is 0.0281. The highest BCUT2D eigenvalue weighted by atomic mass is 16.4. The zero-order chi connectivity index (χ0) is 53.0. The molecule has 0 aliphatic rings. The summed E-state index contributed by atoms with van der Waals surface area (Å²) in [6.45, 7) is 17.7. The molecule has 20 nitrogen and oxygen atoms in total. The van der Waals surface area contributed by atoms with Crippen LogP contribution in [-0.2, 0) is 56.0 Å². The van der Waals surface area contributed by atoms with Gasteiger partial charge in [-0.25, -0.2) is 4.79 Å². The van der Waals surface area contributed by atoms with E-state index in [0.717, 1.165) is 0 Å². The third-order valence-electron chi connectivity index (χ3n) is 11.5. The number of hydrogen-bond acceptors (Lipinski definition) is 11. The number of carbonyl (C=O) groups excluding carboxylic acids is 8. The van der Waals surface area contributed by atoms with Gasteiger partial charge in [0.15, 0.2) is 0 Å². The number of benzene rings is 2. The van der Waals surface area contributed by atoms with E-state index < -0.39 is 132 Å². The van der Waals surface area contributed by atoms with Gasteiger partial charge in [0.25, 0.3) is 0 Å². The molecule has 70 heavy (non-hydrogen) atoms. The third kappa shape index (κ3) is 19.5. The Morgan fingerprint density at radius 1 is 0.429 bits per heavy atom. The van der Waals surface area contributed by atoms with Crippen molar-refractivity contribution in [3.63, 3.8) is 0 Å². The molecule has 0 bridgehead atoms. The second-order valence-electron chi connectivity index (χ2n) is 19.5. The molecule has 0 spiro atoms. The molecule has 0 saturated carbocycles. The zero-order valence-corrected chi connectivity index (χ0v) is 42.3. The van der Waals surface area contributed by atoms with Crippen molar-refractivity contribution < 1.29 is 53.4 Å². The molecule has 2 aromatic carbocycles. The van der Waals surface area contributed by atoms with Gasteiger partial charge in [0.05, 0.1) is 12.6 Å². The maximum atomic E-state index is 14.2. The minimum Gasteiger partial charge on any atom is -0.480 e. The summed E-state index contributed by atoms with van der Waals surface area (Å²) >= 11 is 0. The number of carboxylic acid groups (broad SMARTS) is 1. The van der Waals surface area contributed by atoms with Gasteiger partial charge >= 0.3 is 5.97 Å². The molecule has 9 atom stereocenters. The number of aliphatic carboxylic acids is 1. The standard InChI is InChI=1S/C50H77N9O11/c1-26(2)22-36(50(69)70)55-45(64)37(25-60)56-42(61)31(11)52-43(62)34(23-32-18-14-12-15-19-32)53-48(67)40(29(7)8)59-49(68)41(30(9)10)57-44(63)35(24-33-20-16-13-17-21-33)54-47(66)39(28(5)6)58-46(65)38(51)27(3)4/h12-21,26-31,34-41,60H,22-25,51H2,1-11H3,(H,52,62)(H,53,67)(H,54,66)(H,55,64)(H,56,61)(H,57,63)(H,58,65)(H,59,68)(H,69,70)/t31-,34-,35-,36-,37-,38-,39-,40-,41-/m0/s1. The van der Waals surface area contributed by atoms with Crippen molar-refractivity contribution in [1.29, 1.82) is 0 Å². The number of aliphatic hydroxyl groups excluding tert-OH is 1. The van der Waals surface area contributed by atoms with Crippen molar-refractivity contribution in [3.05, 3.63) is 71.8 Å². The summed E-state index contributed by atoms with van der Waals surface area (Å²) in [5.74, 6) is -9.05. The summed E-state index contributed by atoms with van der Waals surface area (Å²) in [5, 5.41) is 40.3. The highest BCUT2D eigenvalue weighted by Gasteiger charge is 2.36. The number of hydrogen-bond donors (Lipinski definition) is 11. The molecule has 2 rings (SSSR count). The fraction of sp³-hybridized carbons (Fsp3) is 0.580. The Hall–Kier alpha value is -6.41. The fourth-order valence-corrected chi connectivity index (χ4v) is 7.13. The molecule has 0 saturated heterocycles. The SMILES string of the molecule is CC(C)C[C@H](NC(=O)[C@H](CO)NC(=O)[C@H](C)NC(=O)[C@H](Cc1ccccc1)NC(=O)[C@@H](NC(=O)[C@@H](NC(=O)[C@H](Cc1ccccc1)NC(=O)[C@@H](NC(=O)[C@@H](N)C(C)C)C(C)C)C(C)C)C(C)C)C(=O)O. The molecule has 0 heterocycles. The van der Waals surface area contributed by atoms with E-state index in [-0.39, 0.29) is 31.1 Å². The van der Waals surface area contributed by atoms with E-state index >= 15 is 0 Å². The van der Waals surface area contributed by atoms with Crippen molar-refractivity contribution in [2.24, 2.45) is 35.3 Å². The molecule has 0 aliphatic carbocycles. The summed E-state index contributed by atoms with van der Waals surface area (Å²) in [6, 6.07) is 6.52. The molecule has 8 amide bonds. The molecule has 12 N–H and O–H groups in total. The Bertz CT molecular complexity index is 2070. The van der Waals surface area contributed by atoms with Crippen LogP contribution in [0.15, 0.2) is 60.7 Å². The first-order valence-electron chi connectivity index (χ1n) is 23.9. The number of rotatable bonds is 28. The van der Waals surface area contributed by atoms with Crippen molar-refractivity contribution in [2.45, 2.75) is 150 Å². The number of amides is 8. The lowest BCUT2D eigenvalue weighted by molar-refractivity contribution is -0.143. The molecule has 0 fully saturated rings. The minimum atomic E-state index is -1.55. The Labute approximate surface area is 411 Å². The quantitative estimate of drug-likeness (QED) is 0.0554. The van der Waals surface area contributed by atoms with Crippen LogP contribution >= 0.6 is 0 Å². The predicted octanol–water partition coefficient (Wildman–Crippen LogP) is 0.444. The molecule has 388 valence electrons. The molecule has 0 aromatic heterocycles. The van der Waals surface area contributed by atoms with Crippen LogP contribution in [-0.4, -0.2) is 124 Å². The molecule has 0 unspecified atom stereocenters. The van der Waals surface area contributed by atoms with E-state index in [1.54, 1.807) is 130 Å². The van der Waals surface area contributed by atoms with Crippen LogP contribution in [0, 0.1) is 29.6 Å². The van der Waals surface area contributed by atoms with E-state index in [9.17, 15) is 53.4 Å². The molecular formula is C50H77N9O11. The molecule has 20 heteroatoms. The Kier molecular flexibility index (Phi) is 24.7. The summed E-state index contributed by atoms with van der Waals surface area (Å²) in [6.07, 6.45) is 0.0738. The maximum absolute atomic E-state index is 14.2. The van der Waals surface area contributed by atoms with Crippen molar-refractivity contribution >= 4 is 53.2 Å². The summed E-state index contributed by atoms with van der Waals surface area (Å²) in [7, 11) is 0. The summed E-state index contributed by atoms with van der Waals surface area (Å²) in [4.78, 5) is 121. The van der Waals surface area contributed by atoms with Gasteiger partial charge in [0.2, 0.25) is 47.3 Å². The maximum Gasteiger partial charge on any atom is 0.326 e. The van der Waals surface area contributed by atoms with Gasteiger partial charge in [-0.3, -0.25) is 38.4 Å². The molecule has 0 aliphatic heterocycles. The largest absolute Gasteiger partial charge is 0.480 e. The number of nitrogens with one attached hydrogen (secondary N) is 8. The van der Waals surface area contributed by atoms with Crippen LogP contribution in [0.5, 0.6) is 0 Å². The van der Waals surface area contributed by atoms with Gasteiger partial charge in [-0.1, -0.05) is 130 Å². The van der Waals surface area contributed by atoms with Gasteiger partial charge in [-0.15, -0.1) is 0 Å². The van der Waals surface area contributed by atoms with Crippen molar-refractivity contribution in [3.8, 4) is 0 Å². The van der Waals surface area contributed by atoms with E-state index in [1.807, 2.05) is 0 Å². The Morgan fingerprint density at radius 2 is 0.771 bits per heavy atom. The lowest BCUT2D eigenvalue weighted by Gasteiger charge is -2.30. The average molecular weight is 980 g/mol. The van der Waals surface area contributed by atoms with Crippen molar-refractivity contribution in [1.82, 2.24) is 42.5 Å². The summed E-state index contributed by atoms with van der Waals surface area (Å²) < 4.78 is 0. The Morgan fingerprint density at radius 3 is 1.14 bits per heavy atom. The van der Waals surface area contributed by atoms with Gasteiger partial charge in [0.1, 0.15) is 48.3 Å². The molecule has 0 radical (unpaired) electrons. The predicted molar refractivity (Wildman–Crippen MR) is 263 cm³/mol. The normalized spacial score (nSPS) is 15.3. The topological polar surface area (TPSA) is 316 Å².